The van der Waals surface area contributed by atoms with Gasteiger partial charge in [0.1, 0.15) is 0 Å². The summed E-state index contributed by atoms with van der Waals surface area (Å²) in [6, 6.07) is 5.04. The van der Waals surface area contributed by atoms with Gasteiger partial charge in [-0.2, -0.15) is 4.31 Å². The first kappa shape index (κ1) is 15.6. The summed E-state index contributed by atoms with van der Waals surface area (Å²) < 4.78 is 27.5. The van der Waals surface area contributed by atoms with Crippen molar-refractivity contribution in [2.45, 2.75) is 48.9 Å². The van der Waals surface area contributed by atoms with E-state index in [0.717, 1.165) is 37.7 Å². The second-order valence-corrected chi connectivity index (χ2v) is 8.47. The van der Waals surface area contributed by atoms with Crippen molar-refractivity contribution in [1.82, 2.24) is 4.31 Å². The highest BCUT2D eigenvalue weighted by Crippen LogP contribution is 2.39. The van der Waals surface area contributed by atoms with Crippen molar-refractivity contribution in [2.75, 3.05) is 6.54 Å². The molecule has 1 aliphatic carbocycles. The van der Waals surface area contributed by atoms with Crippen LogP contribution >= 0.6 is 23.2 Å². The minimum Gasteiger partial charge on any atom is -0.207 e. The summed E-state index contributed by atoms with van der Waals surface area (Å²) >= 11 is 11.9. The molecule has 1 saturated heterocycles. The van der Waals surface area contributed by atoms with Crippen LogP contribution in [0.4, 0.5) is 0 Å². The Morgan fingerprint density at radius 2 is 1.95 bits per heavy atom. The Bertz CT molecular complexity index is 633. The summed E-state index contributed by atoms with van der Waals surface area (Å²) in [4.78, 5) is 0.286. The van der Waals surface area contributed by atoms with E-state index in [2.05, 4.69) is 0 Å². The number of sulfonamides is 1. The molecule has 2 unspecified atom stereocenters. The largest absolute Gasteiger partial charge is 0.243 e. The van der Waals surface area contributed by atoms with Crippen LogP contribution in [0.15, 0.2) is 23.1 Å². The van der Waals surface area contributed by atoms with Crippen molar-refractivity contribution in [3.8, 4) is 0 Å². The quantitative estimate of drug-likeness (QED) is 0.774. The number of rotatable bonds is 3. The van der Waals surface area contributed by atoms with Crippen molar-refractivity contribution in [3.63, 3.8) is 0 Å². The van der Waals surface area contributed by atoms with E-state index in [1.54, 1.807) is 16.4 Å². The Morgan fingerprint density at radius 1 is 1.19 bits per heavy atom. The van der Waals surface area contributed by atoms with Gasteiger partial charge in [-0.15, -0.1) is 11.6 Å². The highest BCUT2D eigenvalue weighted by molar-refractivity contribution is 7.89. The van der Waals surface area contributed by atoms with E-state index in [9.17, 15) is 8.42 Å². The van der Waals surface area contributed by atoms with Gasteiger partial charge in [-0.05, 0) is 49.3 Å². The number of hydrogen-bond acceptors (Lipinski definition) is 2. The fraction of sp³-hybridized carbons (Fsp3) is 0.600. The second-order valence-electron chi connectivity index (χ2n) is 5.90. The number of alkyl halides is 1. The van der Waals surface area contributed by atoms with Crippen LogP contribution < -0.4 is 0 Å². The summed E-state index contributed by atoms with van der Waals surface area (Å²) in [5.41, 5.74) is 0.759. The monoisotopic (exact) mass is 347 g/mol. The van der Waals surface area contributed by atoms with Crippen molar-refractivity contribution in [3.05, 3.63) is 28.8 Å². The molecule has 0 radical (unpaired) electrons. The normalized spacial score (nSPS) is 26.8. The molecular formula is C15H19Cl2NO2S. The van der Waals surface area contributed by atoms with Gasteiger partial charge in [0, 0.05) is 23.5 Å². The average Bonchev–Trinajstić information content (AvgIpc) is 2.95. The van der Waals surface area contributed by atoms with Gasteiger partial charge in [0.05, 0.1) is 4.90 Å². The highest BCUT2D eigenvalue weighted by atomic mass is 35.5. The van der Waals surface area contributed by atoms with Crippen LogP contribution in [0.25, 0.3) is 0 Å². The van der Waals surface area contributed by atoms with E-state index in [-0.39, 0.29) is 16.8 Å². The van der Waals surface area contributed by atoms with Crippen LogP contribution in [0, 0.1) is 5.92 Å². The minimum absolute atomic E-state index is 0.176. The fourth-order valence-corrected chi connectivity index (χ4v) is 6.03. The Balaban J connectivity index is 1.94. The molecule has 21 heavy (non-hydrogen) atoms. The molecule has 1 aliphatic heterocycles. The SMILES string of the molecule is O=S(=O)(c1ccc(CCl)c(Cl)c1)N1CCCC2CCCC21. The first-order valence-electron chi connectivity index (χ1n) is 7.40. The predicted octanol–water partition coefficient (Wildman–Crippen LogP) is 4.03. The third kappa shape index (κ3) is 2.83. The molecule has 0 spiro atoms. The molecule has 1 heterocycles. The molecule has 6 heteroatoms. The fourth-order valence-electron chi connectivity index (χ4n) is 3.64. The average molecular weight is 348 g/mol. The lowest BCUT2D eigenvalue weighted by atomic mass is 9.94. The number of benzene rings is 1. The molecule has 0 amide bonds. The third-order valence-electron chi connectivity index (χ3n) is 4.72. The van der Waals surface area contributed by atoms with Gasteiger partial charge in [-0.3, -0.25) is 0 Å². The molecule has 1 aromatic carbocycles. The summed E-state index contributed by atoms with van der Waals surface area (Å²) in [7, 11) is -3.46. The van der Waals surface area contributed by atoms with Crippen molar-refractivity contribution in [1.29, 1.82) is 0 Å². The summed E-state index contributed by atoms with van der Waals surface area (Å²) in [5, 5.41) is 0.422. The first-order valence-corrected chi connectivity index (χ1v) is 9.75. The van der Waals surface area contributed by atoms with Crippen molar-refractivity contribution >= 4 is 33.2 Å². The van der Waals surface area contributed by atoms with E-state index in [4.69, 9.17) is 23.2 Å². The number of piperidine rings is 1. The van der Waals surface area contributed by atoms with Crippen LogP contribution in [0.5, 0.6) is 0 Å². The Morgan fingerprint density at radius 3 is 2.67 bits per heavy atom. The standard InChI is InChI=1S/C15H19Cl2NO2S/c16-10-12-6-7-13(9-14(12)17)21(19,20)18-8-2-4-11-3-1-5-15(11)18/h6-7,9,11,15H,1-5,8,10H2. The van der Waals surface area contributed by atoms with Gasteiger partial charge in [-0.1, -0.05) is 24.1 Å². The van der Waals surface area contributed by atoms with Gasteiger partial charge in [0.15, 0.2) is 0 Å². The second kappa shape index (κ2) is 6.07. The van der Waals surface area contributed by atoms with Crippen LogP contribution in [0.2, 0.25) is 5.02 Å². The summed E-state index contributed by atoms with van der Waals surface area (Å²) in [5.74, 6) is 0.819. The number of fused-ring (bicyclic) bond motifs is 1. The molecule has 3 rings (SSSR count). The molecule has 1 aromatic rings. The molecule has 0 bridgehead atoms. The molecule has 2 aliphatic rings. The predicted molar refractivity (Wildman–Crippen MR) is 85.3 cm³/mol. The van der Waals surface area contributed by atoms with Gasteiger partial charge in [0.2, 0.25) is 10.0 Å². The van der Waals surface area contributed by atoms with E-state index in [1.165, 1.54) is 6.07 Å². The van der Waals surface area contributed by atoms with Crippen molar-refractivity contribution in [2.24, 2.45) is 5.92 Å². The van der Waals surface area contributed by atoms with Crippen LogP contribution in [-0.2, 0) is 15.9 Å². The van der Waals surface area contributed by atoms with Gasteiger partial charge >= 0.3 is 0 Å². The number of nitrogens with zero attached hydrogens (tertiary/aromatic N) is 1. The first-order chi connectivity index (χ1) is 10.0. The van der Waals surface area contributed by atoms with Crippen LogP contribution in [0.1, 0.15) is 37.7 Å². The smallest absolute Gasteiger partial charge is 0.207 e. The lowest BCUT2D eigenvalue weighted by Gasteiger charge is -2.36. The number of halogens is 2. The summed E-state index contributed by atoms with van der Waals surface area (Å²) in [6.07, 6.45) is 5.38. The van der Waals surface area contributed by atoms with Gasteiger partial charge in [0.25, 0.3) is 0 Å². The Hall–Kier alpha value is -0.290. The van der Waals surface area contributed by atoms with Crippen LogP contribution in [-0.4, -0.2) is 25.3 Å². The van der Waals surface area contributed by atoms with E-state index in [0.29, 0.717) is 17.5 Å². The third-order valence-corrected chi connectivity index (χ3v) is 7.28. The van der Waals surface area contributed by atoms with Gasteiger partial charge in [-0.25, -0.2) is 8.42 Å². The molecule has 0 N–H and O–H groups in total. The minimum atomic E-state index is -3.46. The summed E-state index contributed by atoms with van der Waals surface area (Å²) in [6.45, 7) is 0.623. The zero-order valence-corrected chi connectivity index (χ0v) is 14.1. The van der Waals surface area contributed by atoms with Gasteiger partial charge < -0.3 is 0 Å². The Kier molecular flexibility index (Phi) is 4.51. The van der Waals surface area contributed by atoms with E-state index >= 15 is 0 Å². The van der Waals surface area contributed by atoms with Crippen LogP contribution in [0.3, 0.4) is 0 Å². The Labute approximate surface area is 136 Å². The topological polar surface area (TPSA) is 37.4 Å². The molecule has 0 aromatic heterocycles. The highest BCUT2D eigenvalue weighted by Gasteiger charge is 2.41. The number of hydrogen-bond donors (Lipinski definition) is 0. The molecule has 3 nitrogen and oxygen atoms in total. The lowest BCUT2D eigenvalue weighted by molar-refractivity contribution is 0.202. The molecule has 2 fully saturated rings. The van der Waals surface area contributed by atoms with E-state index in [1.807, 2.05) is 0 Å². The maximum atomic E-state index is 12.9. The molecule has 116 valence electrons. The molecular weight excluding hydrogens is 329 g/mol. The molecule has 1 saturated carbocycles. The van der Waals surface area contributed by atoms with Crippen molar-refractivity contribution < 1.29 is 8.42 Å². The maximum Gasteiger partial charge on any atom is 0.243 e. The zero-order chi connectivity index (χ0) is 15.0. The zero-order valence-electron chi connectivity index (χ0n) is 11.8. The molecule has 2 atom stereocenters. The maximum absolute atomic E-state index is 12.9. The van der Waals surface area contributed by atoms with E-state index < -0.39 is 10.0 Å². The lowest BCUT2D eigenvalue weighted by Crippen LogP contribution is -2.46.